The van der Waals surface area contributed by atoms with Crippen molar-refractivity contribution in [3.05, 3.63) is 119 Å². The van der Waals surface area contributed by atoms with E-state index in [0.717, 1.165) is 55.5 Å². The second-order valence-electron chi connectivity index (χ2n) is 11.2. The Morgan fingerprint density at radius 3 is 1.94 bits per heavy atom. The van der Waals surface area contributed by atoms with Crippen molar-refractivity contribution in [2.24, 2.45) is 5.92 Å². The van der Waals surface area contributed by atoms with E-state index in [9.17, 15) is 35.1 Å². The lowest BCUT2D eigenvalue weighted by Crippen LogP contribution is -2.27. The minimum Gasteiger partial charge on any atom is -0.429 e. The van der Waals surface area contributed by atoms with Crippen LogP contribution >= 0.6 is 0 Å². The molecule has 3 nitrogen and oxygen atoms in total. The maximum Gasteiger partial charge on any atom is 0.419 e. The molecule has 1 aliphatic rings. The summed E-state index contributed by atoms with van der Waals surface area (Å²) in [6.45, 7) is 3.31. The molecule has 1 aliphatic heterocycles. The summed E-state index contributed by atoms with van der Waals surface area (Å²) >= 11 is 0. The van der Waals surface area contributed by atoms with Gasteiger partial charge in [0.15, 0.2) is 23.7 Å². The third-order valence-corrected chi connectivity index (χ3v) is 7.71. The van der Waals surface area contributed by atoms with Crippen molar-refractivity contribution in [1.29, 1.82) is 0 Å². The summed E-state index contributed by atoms with van der Waals surface area (Å²) in [5, 5.41) is 0. The van der Waals surface area contributed by atoms with Crippen LogP contribution in [0.3, 0.4) is 0 Å². The average Bonchev–Trinajstić information content (AvgIpc) is 3.03. The van der Waals surface area contributed by atoms with Crippen LogP contribution < -0.4 is 4.74 Å². The molecule has 4 aromatic rings. The van der Waals surface area contributed by atoms with Crippen molar-refractivity contribution in [1.82, 2.24) is 0 Å². The molecule has 5 rings (SSSR count). The molecule has 0 radical (unpaired) electrons. The number of alkyl halides is 2. The number of ether oxygens (including phenoxy) is 3. The fourth-order valence-electron chi connectivity index (χ4n) is 5.20. The van der Waals surface area contributed by atoms with Crippen LogP contribution in [0.5, 0.6) is 5.75 Å². The summed E-state index contributed by atoms with van der Waals surface area (Å²) in [6, 6.07) is 12.2. The van der Waals surface area contributed by atoms with Gasteiger partial charge in [-0.1, -0.05) is 50.5 Å². The lowest BCUT2D eigenvalue weighted by molar-refractivity contribution is -0.206. The summed E-state index contributed by atoms with van der Waals surface area (Å²) in [5.74, 6) is -8.65. The van der Waals surface area contributed by atoms with Gasteiger partial charge in [-0.3, -0.25) is 0 Å². The Hall–Kier alpha value is -4.22. The molecule has 0 aromatic heterocycles. The van der Waals surface area contributed by atoms with E-state index in [0.29, 0.717) is 49.0 Å². The van der Waals surface area contributed by atoms with E-state index in [-0.39, 0.29) is 17.2 Å². The average molecular weight is 663 g/mol. The van der Waals surface area contributed by atoms with Crippen molar-refractivity contribution in [2.75, 3.05) is 13.2 Å². The van der Waals surface area contributed by atoms with E-state index in [2.05, 4.69) is 11.7 Å². The summed E-state index contributed by atoms with van der Waals surface area (Å²) in [7, 11) is 0. The zero-order valence-corrected chi connectivity index (χ0v) is 25.2. The third kappa shape index (κ3) is 8.39. The van der Waals surface area contributed by atoms with E-state index >= 15 is 0 Å². The minimum atomic E-state index is -4.14. The van der Waals surface area contributed by atoms with Gasteiger partial charge in [-0.15, -0.1) is 0 Å². The molecular weight excluding hydrogens is 632 g/mol. The molecule has 1 heterocycles. The highest BCUT2D eigenvalue weighted by atomic mass is 19.3. The lowest BCUT2D eigenvalue weighted by atomic mass is 10.0. The topological polar surface area (TPSA) is 27.7 Å². The summed E-state index contributed by atoms with van der Waals surface area (Å²) < 4.78 is 130. The highest BCUT2D eigenvalue weighted by Crippen LogP contribution is 2.33. The van der Waals surface area contributed by atoms with Gasteiger partial charge in [0.2, 0.25) is 0 Å². The number of unbranched alkanes of at least 4 members (excludes halogenated alkanes) is 2. The van der Waals surface area contributed by atoms with Crippen LogP contribution in [0.4, 0.5) is 35.1 Å². The molecule has 0 saturated carbocycles. The fraction of sp³-hybridized carbons (Fsp3) is 0.278. The smallest absolute Gasteiger partial charge is 0.419 e. The first-order chi connectivity index (χ1) is 22.4. The van der Waals surface area contributed by atoms with Crippen molar-refractivity contribution in [3.63, 3.8) is 0 Å². The Bertz CT molecular complexity index is 1690. The molecule has 1 fully saturated rings. The Morgan fingerprint density at radius 2 is 1.34 bits per heavy atom. The van der Waals surface area contributed by atoms with Crippen molar-refractivity contribution < 1.29 is 49.3 Å². The number of rotatable bonds is 11. The summed E-state index contributed by atoms with van der Waals surface area (Å²) in [5.41, 5.74) is -0.148. The van der Waals surface area contributed by atoms with Crippen molar-refractivity contribution >= 4 is 6.08 Å². The van der Waals surface area contributed by atoms with Crippen LogP contribution in [0, 0.1) is 40.8 Å². The van der Waals surface area contributed by atoms with Crippen molar-refractivity contribution in [2.45, 2.75) is 45.0 Å². The van der Waals surface area contributed by atoms with Gasteiger partial charge < -0.3 is 14.2 Å². The van der Waals surface area contributed by atoms with Crippen molar-refractivity contribution in [3.8, 4) is 28.0 Å². The number of hydrogen-bond acceptors (Lipinski definition) is 3. The first-order valence-corrected chi connectivity index (χ1v) is 15.0. The molecular formula is C36H30F8O3. The normalized spacial score (nSPS) is 17.0. The van der Waals surface area contributed by atoms with E-state index in [1.165, 1.54) is 0 Å². The highest BCUT2D eigenvalue weighted by molar-refractivity contribution is 5.67. The molecule has 4 aromatic carbocycles. The first-order valence-electron chi connectivity index (χ1n) is 15.0. The van der Waals surface area contributed by atoms with Crippen LogP contribution in [0.15, 0.2) is 72.8 Å². The lowest BCUT2D eigenvalue weighted by Gasteiger charge is -2.29. The molecule has 0 atom stereocenters. The largest absolute Gasteiger partial charge is 0.429 e. The molecule has 0 amide bonds. The summed E-state index contributed by atoms with van der Waals surface area (Å²) in [4.78, 5) is 0. The maximum atomic E-state index is 14.9. The first kappa shape index (κ1) is 34.1. The molecule has 0 aliphatic carbocycles. The fourth-order valence-corrected chi connectivity index (χ4v) is 5.20. The van der Waals surface area contributed by atoms with Gasteiger partial charge >= 0.3 is 6.11 Å². The molecule has 0 unspecified atom stereocenters. The predicted molar refractivity (Wildman–Crippen MR) is 160 cm³/mol. The van der Waals surface area contributed by atoms with Gasteiger partial charge in [0.05, 0.1) is 13.2 Å². The van der Waals surface area contributed by atoms with Crippen LogP contribution in [0.2, 0.25) is 0 Å². The van der Waals surface area contributed by atoms with E-state index in [1.807, 2.05) is 0 Å². The third-order valence-electron chi connectivity index (χ3n) is 7.71. The second-order valence-corrected chi connectivity index (χ2v) is 11.2. The molecule has 47 heavy (non-hydrogen) atoms. The molecule has 0 spiro atoms. The Kier molecular flexibility index (Phi) is 10.7. The predicted octanol–water partition coefficient (Wildman–Crippen LogP) is 10.8. The molecule has 248 valence electrons. The van der Waals surface area contributed by atoms with Gasteiger partial charge in [-0.05, 0) is 65.6 Å². The van der Waals surface area contributed by atoms with Crippen LogP contribution in [-0.4, -0.2) is 19.3 Å². The van der Waals surface area contributed by atoms with E-state index < -0.39 is 64.2 Å². The minimum absolute atomic E-state index is 0.0953. The standard InChI is InChI=1S/C36H30F8O3/c1-2-3-4-5-21-19-45-35(46-20-21)23-8-6-22(7-9-23)24-14-29(37)28(30(38)15-24)12-13-36(43,44)47-26-10-11-27(31(39)18-26)25-16-32(40)34(42)33(41)17-25/h6-18,21,35H,2-5,19-20H2,1H3/b13-12+. The summed E-state index contributed by atoms with van der Waals surface area (Å²) in [6.07, 6.45) is 0.366. The number of benzene rings is 4. The molecule has 1 saturated heterocycles. The van der Waals surface area contributed by atoms with Gasteiger partial charge in [-0.25, -0.2) is 26.3 Å². The monoisotopic (exact) mass is 662 g/mol. The Labute approximate surface area is 266 Å². The zero-order chi connectivity index (χ0) is 33.7. The Balaban J connectivity index is 1.23. The maximum absolute atomic E-state index is 14.9. The number of hydrogen-bond donors (Lipinski definition) is 0. The number of halogens is 8. The second kappa shape index (κ2) is 14.7. The quantitative estimate of drug-likeness (QED) is 0.0909. The SMILES string of the molecule is CCCCCC1COC(c2ccc(-c3cc(F)c(/C=C/C(F)(F)Oc4ccc(-c5cc(F)c(F)c(F)c5)c(F)c4)c(F)c3)cc2)OC1. The molecule has 0 bridgehead atoms. The zero-order valence-electron chi connectivity index (χ0n) is 25.2. The van der Waals surface area contributed by atoms with Gasteiger partial charge in [0, 0.05) is 34.8 Å². The van der Waals surface area contributed by atoms with Gasteiger partial charge in [0.25, 0.3) is 0 Å². The Morgan fingerprint density at radius 1 is 0.723 bits per heavy atom. The van der Waals surface area contributed by atoms with E-state index in [1.54, 1.807) is 24.3 Å². The van der Waals surface area contributed by atoms with Gasteiger partial charge in [-0.2, -0.15) is 8.78 Å². The van der Waals surface area contributed by atoms with Crippen LogP contribution in [0.1, 0.15) is 50.0 Å². The van der Waals surface area contributed by atoms with Crippen LogP contribution in [-0.2, 0) is 9.47 Å². The highest BCUT2D eigenvalue weighted by Gasteiger charge is 2.29. The van der Waals surface area contributed by atoms with Crippen LogP contribution in [0.25, 0.3) is 28.3 Å². The molecule has 11 heteroatoms. The van der Waals surface area contributed by atoms with E-state index in [4.69, 9.17) is 9.47 Å². The molecule has 0 N–H and O–H groups in total. The van der Waals surface area contributed by atoms with Gasteiger partial charge in [0.1, 0.15) is 23.2 Å².